The Morgan fingerprint density at radius 3 is 2.48 bits per heavy atom. The Bertz CT molecular complexity index is 751. The first-order chi connectivity index (χ1) is 11.6. The fraction of sp³-hybridized carbons (Fsp3) is 0.444. The number of urea groups is 1. The smallest absolute Gasteiger partial charge is 0.320 e. The van der Waals surface area contributed by atoms with E-state index in [-0.39, 0.29) is 18.5 Å². The van der Waals surface area contributed by atoms with Crippen LogP contribution in [0.5, 0.6) is 0 Å². The van der Waals surface area contributed by atoms with Gasteiger partial charge in [-0.05, 0) is 51.0 Å². The number of amides is 2. The Morgan fingerprint density at radius 2 is 1.92 bits per heavy atom. The highest BCUT2D eigenvalue weighted by Gasteiger charge is 2.25. The number of aryl methyl sites for hydroxylation is 1. The van der Waals surface area contributed by atoms with Gasteiger partial charge in [0.15, 0.2) is 0 Å². The lowest BCUT2D eigenvalue weighted by Crippen LogP contribution is -2.45. The van der Waals surface area contributed by atoms with Gasteiger partial charge in [0.1, 0.15) is 5.82 Å². The van der Waals surface area contributed by atoms with Crippen molar-refractivity contribution in [2.24, 2.45) is 5.92 Å². The molecule has 3 N–H and O–H groups in total. The fourth-order valence-electron chi connectivity index (χ4n) is 2.14. The minimum Gasteiger partial charge on any atom is -0.388 e. The molecule has 0 aliphatic rings. The third kappa shape index (κ3) is 4.61. The van der Waals surface area contributed by atoms with E-state index in [0.29, 0.717) is 5.82 Å². The predicted molar refractivity (Wildman–Crippen MR) is 103 cm³/mol. The molecule has 0 aliphatic heterocycles. The van der Waals surface area contributed by atoms with Crippen LogP contribution in [0.2, 0.25) is 0 Å². The summed E-state index contributed by atoms with van der Waals surface area (Å²) in [7, 11) is 0. The lowest BCUT2D eigenvalue weighted by molar-refractivity contribution is 0.0170. The van der Waals surface area contributed by atoms with Crippen molar-refractivity contribution in [1.29, 1.82) is 0 Å². The first-order valence-electron chi connectivity index (χ1n) is 8.21. The van der Waals surface area contributed by atoms with Gasteiger partial charge in [0.25, 0.3) is 0 Å². The predicted octanol–water partition coefficient (Wildman–Crippen LogP) is 3.78. The largest absolute Gasteiger partial charge is 0.388 e. The molecular formula is C18H25BrN4O2. The van der Waals surface area contributed by atoms with Gasteiger partial charge in [0.05, 0.1) is 17.0 Å². The standard InChI is InChI=1S/C18H25BrN4O2/c1-11(2)18(5,25)10-20-17(24)21-16-12(3)13(4)22-23(16)15-8-6-14(19)7-9-15/h6-9,11,25H,10H2,1-5H3,(H2,20,21,24). The highest BCUT2D eigenvalue weighted by Crippen LogP contribution is 2.24. The van der Waals surface area contributed by atoms with Crippen LogP contribution in [0.3, 0.4) is 0 Å². The average Bonchev–Trinajstić information content (AvgIpc) is 2.82. The second-order valence-electron chi connectivity index (χ2n) is 6.77. The minimum absolute atomic E-state index is 0.0325. The summed E-state index contributed by atoms with van der Waals surface area (Å²) in [4.78, 5) is 12.3. The van der Waals surface area contributed by atoms with Gasteiger partial charge in [-0.1, -0.05) is 29.8 Å². The number of halogens is 1. The Kier molecular flexibility index (Phi) is 5.90. The van der Waals surface area contributed by atoms with Crippen LogP contribution in [0.15, 0.2) is 28.7 Å². The Hall–Kier alpha value is -1.86. The Labute approximate surface area is 156 Å². The van der Waals surface area contributed by atoms with Crippen molar-refractivity contribution in [3.05, 3.63) is 40.0 Å². The monoisotopic (exact) mass is 408 g/mol. The zero-order chi connectivity index (χ0) is 18.8. The molecule has 1 unspecified atom stereocenters. The maximum absolute atomic E-state index is 12.3. The lowest BCUT2D eigenvalue weighted by atomic mass is 9.93. The summed E-state index contributed by atoms with van der Waals surface area (Å²) in [6.07, 6.45) is 0. The average molecular weight is 409 g/mol. The maximum atomic E-state index is 12.3. The van der Waals surface area contributed by atoms with Crippen LogP contribution in [0.1, 0.15) is 32.0 Å². The SMILES string of the molecule is Cc1nn(-c2ccc(Br)cc2)c(NC(=O)NCC(C)(O)C(C)C)c1C. The second kappa shape index (κ2) is 7.58. The highest BCUT2D eigenvalue weighted by molar-refractivity contribution is 9.10. The van der Waals surface area contributed by atoms with Gasteiger partial charge in [-0.3, -0.25) is 5.32 Å². The Balaban J connectivity index is 2.19. The molecule has 0 radical (unpaired) electrons. The van der Waals surface area contributed by atoms with E-state index in [0.717, 1.165) is 21.4 Å². The van der Waals surface area contributed by atoms with Gasteiger partial charge in [-0.25, -0.2) is 9.48 Å². The molecule has 1 heterocycles. The molecule has 0 saturated carbocycles. The molecule has 1 atom stereocenters. The summed E-state index contributed by atoms with van der Waals surface area (Å²) in [5.41, 5.74) is 1.62. The molecule has 7 heteroatoms. The van der Waals surface area contributed by atoms with Crippen molar-refractivity contribution in [3.63, 3.8) is 0 Å². The number of aromatic nitrogens is 2. The van der Waals surface area contributed by atoms with Crippen LogP contribution in [0, 0.1) is 19.8 Å². The second-order valence-corrected chi connectivity index (χ2v) is 7.68. The number of carbonyl (C=O) groups excluding carboxylic acids is 1. The molecule has 2 aromatic rings. The summed E-state index contributed by atoms with van der Waals surface area (Å²) in [5, 5.41) is 20.3. The van der Waals surface area contributed by atoms with Crippen LogP contribution in [-0.4, -0.2) is 33.1 Å². The normalized spacial score (nSPS) is 13.6. The van der Waals surface area contributed by atoms with Crippen LogP contribution in [-0.2, 0) is 0 Å². The summed E-state index contributed by atoms with van der Waals surface area (Å²) in [6, 6.07) is 7.31. The maximum Gasteiger partial charge on any atom is 0.320 e. The first-order valence-corrected chi connectivity index (χ1v) is 9.00. The first kappa shape index (κ1) is 19.5. The van der Waals surface area contributed by atoms with Crippen molar-refractivity contribution < 1.29 is 9.90 Å². The summed E-state index contributed by atoms with van der Waals surface area (Å²) >= 11 is 3.41. The van der Waals surface area contributed by atoms with E-state index in [1.807, 2.05) is 52.0 Å². The van der Waals surface area contributed by atoms with Gasteiger partial charge in [-0.15, -0.1) is 0 Å². The van der Waals surface area contributed by atoms with Crippen molar-refractivity contribution >= 4 is 27.8 Å². The van der Waals surface area contributed by atoms with Crippen molar-refractivity contribution in [2.75, 3.05) is 11.9 Å². The number of carbonyl (C=O) groups is 1. The van der Waals surface area contributed by atoms with Gasteiger partial charge in [-0.2, -0.15) is 5.10 Å². The summed E-state index contributed by atoms with van der Waals surface area (Å²) < 4.78 is 2.68. The van der Waals surface area contributed by atoms with E-state index in [2.05, 4.69) is 31.7 Å². The van der Waals surface area contributed by atoms with E-state index >= 15 is 0 Å². The van der Waals surface area contributed by atoms with Gasteiger partial charge in [0, 0.05) is 16.6 Å². The fourth-order valence-corrected chi connectivity index (χ4v) is 2.40. The molecule has 2 rings (SSSR count). The number of hydrogen-bond acceptors (Lipinski definition) is 3. The third-order valence-electron chi connectivity index (χ3n) is 4.51. The van der Waals surface area contributed by atoms with Gasteiger partial charge in [0.2, 0.25) is 0 Å². The van der Waals surface area contributed by atoms with Crippen molar-refractivity contribution in [1.82, 2.24) is 15.1 Å². The number of aliphatic hydroxyl groups is 1. The van der Waals surface area contributed by atoms with Crippen LogP contribution < -0.4 is 10.6 Å². The highest BCUT2D eigenvalue weighted by atomic mass is 79.9. The molecule has 25 heavy (non-hydrogen) atoms. The molecule has 136 valence electrons. The van der Waals surface area contributed by atoms with E-state index in [1.165, 1.54) is 0 Å². The van der Waals surface area contributed by atoms with E-state index in [1.54, 1.807) is 11.6 Å². The topological polar surface area (TPSA) is 79.2 Å². The molecule has 0 fully saturated rings. The number of hydrogen-bond donors (Lipinski definition) is 3. The number of rotatable bonds is 5. The number of anilines is 1. The summed E-state index contributed by atoms with van der Waals surface area (Å²) in [6.45, 7) is 9.51. The van der Waals surface area contributed by atoms with Crippen LogP contribution in [0.4, 0.5) is 10.6 Å². The molecule has 0 saturated heterocycles. The van der Waals surface area contributed by atoms with E-state index in [9.17, 15) is 9.90 Å². The number of nitrogens with zero attached hydrogens (tertiary/aromatic N) is 2. The minimum atomic E-state index is -0.964. The van der Waals surface area contributed by atoms with Crippen LogP contribution in [0.25, 0.3) is 5.69 Å². The van der Waals surface area contributed by atoms with Gasteiger partial charge < -0.3 is 10.4 Å². The molecule has 2 amide bonds. The molecule has 1 aromatic heterocycles. The molecule has 0 spiro atoms. The van der Waals surface area contributed by atoms with E-state index in [4.69, 9.17) is 0 Å². The molecule has 6 nitrogen and oxygen atoms in total. The molecule has 0 aliphatic carbocycles. The van der Waals surface area contributed by atoms with Gasteiger partial charge >= 0.3 is 6.03 Å². The zero-order valence-corrected chi connectivity index (χ0v) is 16.8. The van der Waals surface area contributed by atoms with Crippen molar-refractivity contribution in [2.45, 2.75) is 40.2 Å². The molecular weight excluding hydrogens is 384 g/mol. The van der Waals surface area contributed by atoms with Crippen LogP contribution >= 0.6 is 15.9 Å². The lowest BCUT2D eigenvalue weighted by Gasteiger charge is -2.27. The Morgan fingerprint density at radius 1 is 1.32 bits per heavy atom. The third-order valence-corrected chi connectivity index (χ3v) is 5.04. The van der Waals surface area contributed by atoms with Crippen molar-refractivity contribution in [3.8, 4) is 5.69 Å². The number of benzene rings is 1. The zero-order valence-electron chi connectivity index (χ0n) is 15.2. The molecule has 1 aromatic carbocycles. The number of nitrogens with one attached hydrogen (secondary N) is 2. The molecule has 0 bridgehead atoms. The quantitative estimate of drug-likeness (QED) is 0.703. The summed E-state index contributed by atoms with van der Waals surface area (Å²) in [5.74, 6) is 0.645. The van der Waals surface area contributed by atoms with E-state index < -0.39 is 5.60 Å².